The summed E-state index contributed by atoms with van der Waals surface area (Å²) < 4.78 is 92.9. The minimum absolute atomic E-state index is 0.0467. The Morgan fingerprint density at radius 2 is 1.80 bits per heavy atom. The lowest BCUT2D eigenvalue weighted by Crippen LogP contribution is -2.51. The lowest BCUT2D eigenvalue weighted by molar-refractivity contribution is -0.279. The second-order valence-corrected chi connectivity index (χ2v) is 12.2. The van der Waals surface area contributed by atoms with E-state index in [1.54, 1.807) is 36.4 Å². The average Bonchev–Trinajstić information content (AvgIpc) is 3.24. The fraction of sp³-hybridized carbons (Fsp3) is 0.444. The summed E-state index contributed by atoms with van der Waals surface area (Å²) in [6.07, 6.45) is -4.77. The fourth-order valence-electron chi connectivity index (χ4n) is 4.84. The van der Waals surface area contributed by atoms with Gasteiger partial charge >= 0.3 is 12.1 Å². The van der Waals surface area contributed by atoms with E-state index in [4.69, 9.17) is 0 Å². The molecule has 1 aliphatic rings. The van der Waals surface area contributed by atoms with E-state index in [9.17, 15) is 40.3 Å². The van der Waals surface area contributed by atoms with Gasteiger partial charge in [-0.25, -0.2) is 8.42 Å². The first-order valence-electron chi connectivity index (χ1n) is 12.9. The SMILES string of the molecule is CCc1cn2c3c(cc(C(=O)N[C@@H](Cc4ccccc4)[C@H](O)CNCC(F)(F)C(F)(F)F)cc13)N(C)S(=O)(=O)CC2. The molecular weight excluding hydrogens is 571 g/mol. The second kappa shape index (κ2) is 11.6. The highest BCUT2D eigenvalue weighted by Gasteiger charge is 2.57. The van der Waals surface area contributed by atoms with Crippen molar-refractivity contribution in [2.75, 3.05) is 30.2 Å². The number of hydrogen-bond donors (Lipinski definition) is 3. The molecule has 1 aliphatic heterocycles. The number of nitrogens with one attached hydrogen (secondary N) is 2. The molecule has 14 heteroatoms. The van der Waals surface area contributed by atoms with E-state index in [0.29, 0.717) is 28.6 Å². The molecule has 8 nitrogen and oxygen atoms in total. The van der Waals surface area contributed by atoms with Gasteiger partial charge < -0.3 is 20.3 Å². The Hall–Kier alpha value is -3.23. The van der Waals surface area contributed by atoms with Gasteiger partial charge in [-0.15, -0.1) is 0 Å². The Morgan fingerprint density at radius 3 is 2.44 bits per heavy atom. The van der Waals surface area contributed by atoms with Gasteiger partial charge in [0.05, 0.1) is 35.6 Å². The predicted molar refractivity (Wildman–Crippen MR) is 145 cm³/mol. The maximum Gasteiger partial charge on any atom is 0.454 e. The van der Waals surface area contributed by atoms with Gasteiger partial charge in [0.15, 0.2) is 0 Å². The van der Waals surface area contributed by atoms with Gasteiger partial charge in [0.2, 0.25) is 10.0 Å². The van der Waals surface area contributed by atoms with Crippen molar-refractivity contribution in [2.24, 2.45) is 0 Å². The number of benzene rings is 2. The Kier molecular flexibility index (Phi) is 8.67. The largest absolute Gasteiger partial charge is 0.454 e. The molecule has 4 rings (SSSR count). The number of hydrogen-bond acceptors (Lipinski definition) is 5. The molecule has 0 saturated heterocycles. The summed E-state index contributed by atoms with van der Waals surface area (Å²) in [5.74, 6) is -5.80. The lowest BCUT2D eigenvalue weighted by atomic mass is 9.99. The number of rotatable bonds is 10. The van der Waals surface area contributed by atoms with E-state index >= 15 is 0 Å². The number of sulfonamides is 1. The molecule has 0 saturated carbocycles. The smallest absolute Gasteiger partial charge is 0.390 e. The number of amides is 1. The van der Waals surface area contributed by atoms with Crippen LogP contribution < -0.4 is 14.9 Å². The number of alkyl halides is 5. The van der Waals surface area contributed by atoms with Gasteiger partial charge in [0.25, 0.3) is 5.91 Å². The molecule has 224 valence electrons. The number of aliphatic hydroxyl groups excluding tert-OH is 1. The highest BCUT2D eigenvalue weighted by atomic mass is 32.2. The summed E-state index contributed by atoms with van der Waals surface area (Å²) in [6.45, 7) is -0.221. The van der Waals surface area contributed by atoms with Gasteiger partial charge in [-0.05, 0) is 36.1 Å². The minimum atomic E-state index is -5.75. The zero-order valence-electron chi connectivity index (χ0n) is 22.4. The number of carbonyl (C=O) groups is 1. The molecule has 0 radical (unpaired) electrons. The van der Waals surface area contributed by atoms with E-state index in [1.165, 1.54) is 13.1 Å². The first-order valence-corrected chi connectivity index (χ1v) is 14.6. The molecular formula is C27H31F5N4O4S. The van der Waals surface area contributed by atoms with Crippen LogP contribution in [0.5, 0.6) is 0 Å². The maximum absolute atomic E-state index is 13.5. The van der Waals surface area contributed by atoms with Crippen molar-refractivity contribution in [2.45, 2.75) is 50.6 Å². The molecule has 0 unspecified atom stereocenters. The minimum Gasteiger partial charge on any atom is -0.390 e. The Bertz CT molecular complexity index is 1510. The van der Waals surface area contributed by atoms with Crippen LogP contribution in [-0.4, -0.2) is 74.1 Å². The summed E-state index contributed by atoms with van der Waals surface area (Å²) in [6, 6.07) is 10.6. The van der Waals surface area contributed by atoms with Gasteiger partial charge in [-0.2, -0.15) is 22.0 Å². The van der Waals surface area contributed by atoms with Crippen LogP contribution in [0.3, 0.4) is 0 Å². The molecule has 0 fully saturated rings. The van der Waals surface area contributed by atoms with Crippen LogP contribution in [0.4, 0.5) is 27.6 Å². The molecule has 41 heavy (non-hydrogen) atoms. The monoisotopic (exact) mass is 602 g/mol. The number of aryl methyl sites for hydroxylation is 2. The van der Waals surface area contributed by atoms with Crippen LogP contribution in [0.25, 0.3) is 10.9 Å². The Morgan fingerprint density at radius 1 is 1.12 bits per heavy atom. The second-order valence-electron chi connectivity index (χ2n) is 10.0. The average molecular weight is 603 g/mol. The number of aromatic nitrogens is 1. The highest BCUT2D eigenvalue weighted by molar-refractivity contribution is 7.92. The maximum atomic E-state index is 13.5. The molecule has 1 aromatic heterocycles. The first kappa shape index (κ1) is 30.7. The van der Waals surface area contributed by atoms with Crippen molar-refractivity contribution >= 4 is 32.5 Å². The van der Waals surface area contributed by atoms with Crippen LogP contribution >= 0.6 is 0 Å². The summed E-state index contributed by atoms with van der Waals surface area (Å²) in [4.78, 5) is 13.5. The fourth-order valence-corrected chi connectivity index (χ4v) is 5.98. The van der Waals surface area contributed by atoms with Crippen molar-refractivity contribution in [3.8, 4) is 0 Å². The number of nitrogens with zero attached hydrogens (tertiary/aromatic N) is 2. The normalized spacial score (nSPS) is 16.8. The van der Waals surface area contributed by atoms with Crippen LogP contribution in [0.15, 0.2) is 48.7 Å². The number of anilines is 1. The summed E-state index contributed by atoms with van der Waals surface area (Å²) in [5.41, 5.74) is 2.65. The van der Waals surface area contributed by atoms with Crippen molar-refractivity contribution in [3.63, 3.8) is 0 Å². The van der Waals surface area contributed by atoms with E-state index in [1.807, 2.05) is 23.0 Å². The summed E-state index contributed by atoms with van der Waals surface area (Å²) >= 11 is 0. The van der Waals surface area contributed by atoms with Crippen LogP contribution in [0, 0.1) is 0 Å². The number of carbonyl (C=O) groups excluding carboxylic acids is 1. The van der Waals surface area contributed by atoms with Crippen LogP contribution in [-0.2, 0) is 29.4 Å². The third-order valence-electron chi connectivity index (χ3n) is 7.22. The van der Waals surface area contributed by atoms with Gasteiger partial charge in [0.1, 0.15) is 0 Å². The van der Waals surface area contributed by atoms with Crippen molar-refractivity contribution in [3.05, 3.63) is 65.4 Å². The molecule has 3 aromatic rings. The zero-order valence-corrected chi connectivity index (χ0v) is 23.2. The third-order valence-corrected chi connectivity index (χ3v) is 8.95. The van der Waals surface area contributed by atoms with Crippen molar-refractivity contribution in [1.82, 2.24) is 15.2 Å². The molecule has 2 heterocycles. The molecule has 0 spiro atoms. The lowest BCUT2D eigenvalue weighted by Gasteiger charge is -2.26. The zero-order chi connectivity index (χ0) is 30.2. The van der Waals surface area contributed by atoms with E-state index < -0.39 is 53.3 Å². The molecule has 2 atom stereocenters. The number of aliphatic hydroxyl groups is 1. The molecule has 2 aromatic carbocycles. The molecule has 0 aliphatic carbocycles. The van der Waals surface area contributed by atoms with Gasteiger partial charge in [-0.3, -0.25) is 9.10 Å². The number of halogens is 5. The quantitative estimate of drug-likeness (QED) is 0.309. The van der Waals surface area contributed by atoms with Crippen molar-refractivity contribution < 1.29 is 40.3 Å². The topological polar surface area (TPSA) is 104 Å². The molecule has 0 bridgehead atoms. The summed E-state index contributed by atoms with van der Waals surface area (Å²) in [5, 5.41) is 16.1. The highest BCUT2D eigenvalue weighted by Crippen LogP contribution is 2.36. The van der Waals surface area contributed by atoms with E-state index in [-0.39, 0.29) is 24.3 Å². The van der Waals surface area contributed by atoms with Crippen LogP contribution in [0.2, 0.25) is 0 Å². The van der Waals surface area contributed by atoms with Crippen LogP contribution in [0.1, 0.15) is 28.4 Å². The van der Waals surface area contributed by atoms with Crippen molar-refractivity contribution in [1.29, 1.82) is 0 Å². The Labute approximate surface area is 234 Å². The Balaban J connectivity index is 1.63. The predicted octanol–water partition coefficient (Wildman–Crippen LogP) is 3.47. The third kappa shape index (κ3) is 6.49. The van der Waals surface area contributed by atoms with E-state index in [2.05, 4.69) is 5.32 Å². The molecule has 3 N–H and O–H groups in total. The van der Waals surface area contributed by atoms with E-state index in [0.717, 1.165) is 9.87 Å². The summed E-state index contributed by atoms with van der Waals surface area (Å²) in [7, 11) is -2.26. The first-order chi connectivity index (χ1) is 19.1. The van der Waals surface area contributed by atoms with Gasteiger partial charge in [-0.1, -0.05) is 37.3 Å². The van der Waals surface area contributed by atoms with Gasteiger partial charge in [0, 0.05) is 37.3 Å². The molecule has 1 amide bonds. The standard InChI is InChI=1S/C27H31F5N4O4S/c1-3-18-15-36-9-10-41(39,40)35(2)22-13-19(12-20(18)24(22)36)25(38)34-21(11-17-7-5-4-6-8-17)23(37)14-33-16-26(28,29)27(30,31)32/h4-8,12-13,15,21,23,33,37H,3,9-11,14,16H2,1-2H3,(H,34,38)/t21-,23+/m0/s1.